The summed E-state index contributed by atoms with van der Waals surface area (Å²) in [7, 11) is 2.97. The van der Waals surface area contributed by atoms with Crippen molar-refractivity contribution in [2.24, 2.45) is 11.8 Å². The number of amides is 1. The molecule has 2 fully saturated rings. The van der Waals surface area contributed by atoms with Crippen LogP contribution in [0.3, 0.4) is 0 Å². The van der Waals surface area contributed by atoms with Crippen molar-refractivity contribution in [2.45, 2.75) is 11.7 Å². The van der Waals surface area contributed by atoms with E-state index in [-0.39, 0.29) is 12.5 Å². The molecule has 3 aliphatic heterocycles. The molecule has 2 saturated heterocycles. The largest absolute Gasteiger partial charge is 0.495 e. The van der Waals surface area contributed by atoms with Crippen LogP contribution in [-0.2, 0) is 14.3 Å². The van der Waals surface area contributed by atoms with E-state index in [1.54, 1.807) is 24.3 Å². The molecule has 8 heteroatoms. The molecule has 4 rings (SSSR count). The highest BCUT2D eigenvalue weighted by atomic mass is 35.5. The van der Waals surface area contributed by atoms with E-state index < -0.39 is 29.5 Å². The summed E-state index contributed by atoms with van der Waals surface area (Å²) >= 11 is 6.20. The Hall–Kier alpha value is -2.25. The zero-order chi connectivity index (χ0) is 17.9. The van der Waals surface area contributed by atoms with Gasteiger partial charge in [0.1, 0.15) is 23.0 Å². The highest BCUT2D eigenvalue weighted by Gasteiger charge is 2.67. The highest BCUT2D eigenvalue weighted by molar-refractivity contribution is 6.32. The number of carboxylic acid groups (broad SMARTS) is 1. The number of benzene rings is 1. The van der Waals surface area contributed by atoms with E-state index in [4.69, 9.17) is 25.8 Å². The molecule has 7 nitrogen and oxygen atoms in total. The summed E-state index contributed by atoms with van der Waals surface area (Å²) in [6, 6.07) is 3.18. The van der Waals surface area contributed by atoms with E-state index >= 15 is 0 Å². The van der Waals surface area contributed by atoms with Crippen molar-refractivity contribution < 1.29 is 28.9 Å². The second kappa shape index (κ2) is 5.37. The molecule has 1 N–H and O–H groups in total. The third-order valence-electron chi connectivity index (χ3n) is 5.13. The summed E-state index contributed by atoms with van der Waals surface area (Å²) in [4.78, 5) is 26.2. The topological polar surface area (TPSA) is 85.3 Å². The molecule has 0 saturated carbocycles. The molecule has 1 spiro atoms. The summed E-state index contributed by atoms with van der Waals surface area (Å²) < 4.78 is 16.4. The summed E-state index contributed by atoms with van der Waals surface area (Å²) in [6.07, 6.45) is 2.97. The lowest BCUT2D eigenvalue weighted by molar-refractivity contribution is -0.146. The number of halogens is 1. The lowest BCUT2D eigenvalue weighted by Gasteiger charge is -2.23. The summed E-state index contributed by atoms with van der Waals surface area (Å²) in [5, 5.41) is 9.85. The van der Waals surface area contributed by atoms with E-state index in [2.05, 4.69) is 0 Å². The number of anilines is 1. The number of rotatable bonds is 4. The molecule has 0 aliphatic carbocycles. The average molecular weight is 366 g/mol. The van der Waals surface area contributed by atoms with E-state index in [0.29, 0.717) is 22.2 Å². The molecule has 2 bridgehead atoms. The Balaban J connectivity index is 1.77. The maximum Gasteiger partial charge on any atom is 0.310 e. The second-order valence-corrected chi connectivity index (χ2v) is 6.73. The van der Waals surface area contributed by atoms with E-state index in [9.17, 15) is 14.7 Å². The van der Waals surface area contributed by atoms with Gasteiger partial charge in [-0.2, -0.15) is 0 Å². The normalized spacial score (nSPS) is 32.2. The van der Waals surface area contributed by atoms with Gasteiger partial charge in [-0.25, -0.2) is 0 Å². The van der Waals surface area contributed by atoms with Gasteiger partial charge >= 0.3 is 5.97 Å². The molecule has 3 heterocycles. The lowest BCUT2D eigenvalue weighted by Crippen LogP contribution is -2.39. The Morgan fingerprint density at radius 2 is 2.08 bits per heavy atom. The molecule has 0 unspecified atom stereocenters. The highest BCUT2D eigenvalue weighted by Crippen LogP contribution is 2.54. The molecule has 0 aromatic heterocycles. The number of ether oxygens (including phenoxy) is 3. The Morgan fingerprint density at radius 1 is 1.36 bits per heavy atom. The van der Waals surface area contributed by atoms with Crippen LogP contribution in [0, 0.1) is 11.8 Å². The van der Waals surface area contributed by atoms with Crippen molar-refractivity contribution in [2.75, 3.05) is 25.7 Å². The van der Waals surface area contributed by atoms with Gasteiger partial charge in [0.15, 0.2) is 0 Å². The standard InChI is InChI=1S/C17H16ClNO6/c1-23-11-6-12(24-2)9(5-8(11)18)19-7-17-4-3-10(25-17)13(16(21)22)14(17)15(19)20/h3-6,10,13-14H,7H2,1-2H3,(H,21,22)/t10-,13-,14+,17+/m1/s1. The molecule has 25 heavy (non-hydrogen) atoms. The molecule has 132 valence electrons. The van der Waals surface area contributed by atoms with Crippen molar-refractivity contribution in [3.63, 3.8) is 0 Å². The fraction of sp³-hybridized carbons (Fsp3) is 0.412. The Kier molecular flexibility index (Phi) is 3.49. The van der Waals surface area contributed by atoms with E-state index in [1.807, 2.05) is 0 Å². The number of carbonyl (C=O) groups is 2. The number of fused-ring (bicyclic) bond motifs is 1. The number of hydrogen-bond donors (Lipinski definition) is 1. The van der Waals surface area contributed by atoms with Crippen molar-refractivity contribution in [1.82, 2.24) is 0 Å². The van der Waals surface area contributed by atoms with Crippen LogP contribution < -0.4 is 14.4 Å². The number of carboxylic acids is 1. The minimum Gasteiger partial charge on any atom is -0.495 e. The minimum absolute atomic E-state index is 0.215. The van der Waals surface area contributed by atoms with Gasteiger partial charge in [0.2, 0.25) is 5.91 Å². The molecular formula is C17H16ClNO6. The van der Waals surface area contributed by atoms with Crippen LogP contribution in [0.2, 0.25) is 5.02 Å². The van der Waals surface area contributed by atoms with Gasteiger partial charge in [0.05, 0.1) is 43.5 Å². The van der Waals surface area contributed by atoms with Crippen LogP contribution >= 0.6 is 11.6 Å². The first-order chi connectivity index (χ1) is 11.9. The van der Waals surface area contributed by atoms with Crippen molar-refractivity contribution >= 4 is 29.2 Å². The smallest absolute Gasteiger partial charge is 0.310 e. The van der Waals surface area contributed by atoms with Crippen LogP contribution in [0.4, 0.5) is 5.69 Å². The molecule has 1 aromatic carbocycles. The van der Waals surface area contributed by atoms with Crippen molar-refractivity contribution in [1.29, 1.82) is 0 Å². The maximum absolute atomic E-state index is 13.0. The van der Waals surface area contributed by atoms with Crippen LogP contribution in [-0.4, -0.2) is 49.5 Å². The summed E-state index contributed by atoms with van der Waals surface area (Å²) in [5.74, 6) is -2.15. The second-order valence-electron chi connectivity index (χ2n) is 6.32. The molecule has 4 atom stereocenters. The predicted molar refractivity (Wildman–Crippen MR) is 88.3 cm³/mol. The van der Waals surface area contributed by atoms with Crippen molar-refractivity contribution in [3.8, 4) is 11.5 Å². The van der Waals surface area contributed by atoms with Crippen LogP contribution in [0.25, 0.3) is 0 Å². The Labute approximate surface area is 148 Å². The average Bonchev–Trinajstić information content (AvgIpc) is 3.22. The van der Waals surface area contributed by atoms with Crippen LogP contribution in [0.15, 0.2) is 24.3 Å². The third kappa shape index (κ3) is 2.09. The third-order valence-corrected chi connectivity index (χ3v) is 5.42. The molecular weight excluding hydrogens is 350 g/mol. The zero-order valence-electron chi connectivity index (χ0n) is 13.6. The van der Waals surface area contributed by atoms with E-state index in [1.165, 1.54) is 19.1 Å². The summed E-state index contributed by atoms with van der Waals surface area (Å²) in [6.45, 7) is 0.215. The van der Waals surface area contributed by atoms with Gasteiger partial charge in [-0.15, -0.1) is 0 Å². The first-order valence-electron chi connectivity index (χ1n) is 7.75. The first-order valence-corrected chi connectivity index (χ1v) is 8.12. The van der Waals surface area contributed by atoms with Crippen molar-refractivity contribution in [3.05, 3.63) is 29.3 Å². The van der Waals surface area contributed by atoms with Gasteiger partial charge < -0.3 is 24.2 Å². The van der Waals surface area contributed by atoms with Crippen LogP contribution in [0.5, 0.6) is 11.5 Å². The number of hydrogen-bond acceptors (Lipinski definition) is 5. The number of methoxy groups -OCH3 is 2. The Bertz CT molecular complexity index is 809. The first kappa shape index (κ1) is 16.2. The quantitative estimate of drug-likeness (QED) is 0.818. The summed E-state index contributed by atoms with van der Waals surface area (Å²) in [5.41, 5.74) is -0.450. The monoisotopic (exact) mass is 365 g/mol. The zero-order valence-corrected chi connectivity index (χ0v) is 14.3. The molecule has 3 aliphatic rings. The fourth-order valence-electron chi connectivity index (χ4n) is 4.04. The predicted octanol–water partition coefficient (Wildman–Crippen LogP) is 1.73. The Morgan fingerprint density at radius 3 is 2.72 bits per heavy atom. The minimum atomic E-state index is -1.03. The number of carbonyl (C=O) groups excluding carboxylic acids is 1. The SMILES string of the molecule is COc1cc(OC)c(N2C[C@]34C=C[C@@H](O3)[C@@H](C(=O)O)[C@H]4C2=O)cc1Cl. The number of nitrogens with zero attached hydrogens (tertiary/aromatic N) is 1. The van der Waals surface area contributed by atoms with Gasteiger partial charge in [-0.3, -0.25) is 9.59 Å². The molecule has 1 aromatic rings. The van der Waals surface area contributed by atoms with Crippen LogP contribution in [0.1, 0.15) is 0 Å². The van der Waals surface area contributed by atoms with Gasteiger partial charge in [0.25, 0.3) is 0 Å². The molecule has 0 radical (unpaired) electrons. The fourth-order valence-corrected chi connectivity index (χ4v) is 4.27. The van der Waals surface area contributed by atoms with Gasteiger partial charge in [-0.1, -0.05) is 23.8 Å². The maximum atomic E-state index is 13.0. The van der Waals surface area contributed by atoms with Gasteiger partial charge in [0, 0.05) is 6.07 Å². The molecule has 1 amide bonds. The van der Waals surface area contributed by atoms with E-state index in [0.717, 1.165) is 0 Å². The lowest BCUT2D eigenvalue weighted by atomic mass is 9.77. The number of aliphatic carboxylic acids is 1. The van der Waals surface area contributed by atoms with Gasteiger partial charge in [-0.05, 0) is 6.07 Å².